The molecule has 6 nitrogen and oxygen atoms in total. The second kappa shape index (κ2) is 5.69. The van der Waals surface area contributed by atoms with Crippen LogP contribution >= 0.6 is 11.6 Å². The highest BCUT2D eigenvalue weighted by Crippen LogP contribution is 2.20. The number of halogens is 1. The first-order valence-corrected chi connectivity index (χ1v) is 4.67. The molecule has 1 rings (SSSR count). The first-order chi connectivity index (χ1) is 7.54. The van der Waals surface area contributed by atoms with E-state index in [1.807, 2.05) is 0 Å². The third-order valence-electron chi connectivity index (χ3n) is 1.81. The van der Waals surface area contributed by atoms with Crippen LogP contribution in [0.3, 0.4) is 0 Å². The van der Waals surface area contributed by atoms with Gasteiger partial charge in [-0.25, -0.2) is 0 Å². The summed E-state index contributed by atoms with van der Waals surface area (Å²) in [5, 5.41) is 17.2. The molecular formula is C8H9BClN2O4. The molecule has 0 aliphatic rings. The summed E-state index contributed by atoms with van der Waals surface area (Å²) in [5.41, 5.74) is 5.70. The van der Waals surface area contributed by atoms with Crippen LogP contribution in [0.4, 0.5) is 0 Å². The van der Waals surface area contributed by atoms with Crippen molar-refractivity contribution in [3.63, 3.8) is 0 Å². The molecule has 0 aliphatic carbocycles. The quantitative estimate of drug-likeness (QED) is 0.607. The first kappa shape index (κ1) is 12.8. The van der Waals surface area contributed by atoms with Gasteiger partial charge in [-0.05, 0) is 0 Å². The van der Waals surface area contributed by atoms with Crippen molar-refractivity contribution in [2.45, 2.75) is 12.5 Å². The Hall–Kier alpha value is -1.31. The van der Waals surface area contributed by atoms with Crippen LogP contribution in [0.1, 0.15) is 5.69 Å². The van der Waals surface area contributed by atoms with Crippen molar-refractivity contribution in [1.29, 1.82) is 0 Å². The maximum atomic E-state index is 10.5. The monoisotopic (exact) mass is 243 g/mol. The third-order valence-corrected chi connectivity index (χ3v) is 2.14. The minimum atomic E-state index is -1.12. The fraction of sp³-hybridized carbons (Fsp3) is 0.250. The molecule has 0 aliphatic heterocycles. The Morgan fingerprint density at radius 1 is 1.75 bits per heavy atom. The molecule has 85 valence electrons. The van der Waals surface area contributed by atoms with E-state index >= 15 is 0 Å². The van der Waals surface area contributed by atoms with E-state index in [-0.39, 0.29) is 17.2 Å². The van der Waals surface area contributed by atoms with E-state index in [0.717, 1.165) is 0 Å². The van der Waals surface area contributed by atoms with E-state index in [4.69, 9.17) is 27.5 Å². The summed E-state index contributed by atoms with van der Waals surface area (Å²) >= 11 is 5.83. The number of pyridine rings is 1. The highest BCUT2D eigenvalue weighted by atomic mass is 35.5. The summed E-state index contributed by atoms with van der Waals surface area (Å²) in [7, 11) is 0.496. The van der Waals surface area contributed by atoms with Crippen molar-refractivity contribution in [2.75, 3.05) is 0 Å². The Bertz CT molecular complexity index is 390. The molecule has 1 radical (unpaired) electrons. The molecule has 4 N–H and O–H groups in total. The molecule has 0 unspecified atom stereocenters. The van der Waals surface area contributed by atoms with E-state index in [9.17, 15) is 4.79 Å². The van der Waals surface area contributed by atoms with Gasteiger partial charge < -0.3 is 20.5 Å². The number of rotatable bonds is 5. The second-order valence-corrected chi connectivity index (χ2v) is 3.38. The Labute approximate surface area is 97.3 Å². The van der Waals surface area contributed by atoms with Crippen LogP contribution in [0, 0.1) is 0 Å². The Morgan fingerprint density at radius 2 is 2.44 bits per heavy atom. The molecule has 1 aromatic rings. The molecule has 0 spiro atoms. The van der Waals surface area contributed by atoms with Crippen molar-refractivity contribution in [1.82, 2.24) is 4.98 Å². The van der Waals surface area contributed by atoms with Crippen LogP contribution in [0.25, 0.3) is 0 Å². The molecule has 0 amide bonds. The predicted molar refractivity (Wildman–Crippen MR) is 57.2 cm³/mol. The number of hydrogen-bond acceptors (Lipinski definition) is 5. The largest absolute Gasteiger partial charge is 0.569 e. The lowest BCUT2D eigenvalue weighted by Crippen LogP contribution is -2.32. The van der Waals surface area contributed by atoms with Crippen molar-refractivity contribution in [3.05, 3.63) is 23.0 Å². The molecule has 0 saturated carbocycles. The van der Waals surface area contributed by atoms with Gasteiger partial charge in [0.15, 0.2) is 0 Å². The molecule has 0 fully saturated rings. The zero-order chi connectivity index (χ0) is 12.1. The average Bonchev–Trinajstić information content (AvgIpc) is 2.22. The summed E-state index contributed by atoms with van der Waals surface area (Å²) < 4.78 is 4.63. The summed E-state index contributed by atoms with van der Waals surface area (Å²) in [4.78, 5) is 14.4. The first-order valence-electron chi connectivity index (χ1n) is 4.30. The number of aliphatic carboxylic acids is 1. The minimum absolute atomic E-state index is 0.0251. The number of aromatic nitrogens is 1. The standard InChI is InChI=1S/C8H9BClN2O4/c10-5-1-4(16-9-15)3-12-7(5)2-6(11)8(13)14/h1,3,6,15H,2,11H2,(H,13,14)/t6-/m0/s1. The smallest absolute Gasteiger partial charge is 0.536 e. The molecule has 1 atom stereocenters. The van der Waals surface area contributed by atoms with E-state index < -0.39 is 12.0 Å². The zero-order valence-electron chi connectivity index (χ0n) is 8.13. The number of nitrogens with two attached hydrogens (primary N) is 1. The summed E-state index contributed by atoms with van der Waals surface area (Å²) in [6, 6.07) is 0.353. The minimum Gasteiger partial charge on any atom is -0.536 e. The highest BCUT2D eigenvalue weighted by Gasteiger charge is 2.15. The van der Waals surface area contributed by atoms with Crippen molar-refractivity contribution in [3.8, 4) is 5.75 Å². The van der Waals surface area contributed by atoms with Gasteiger partial charge >= 0.3 is 13.7 Å². The van der Waals surface area contributed by atoms with E-state index in [1.54, 1.807) is 0 Å². The summed E-state index contributed by atoms with van der Waals surface area (Å²) in [5.74, 6) is -0.873. The van der Waals surface area contributed by atoms with Crippen LogP contribution in [0.5, 0.6) is 5.75 Å². The molecule has 8 heteroatoms. The fourth-order valence-corrected chi connectivity index (χ4v) is 1.25. The van der Waals surface area contributed by atoms with Crippen LogP contribution in [0.15, 0.2) is 12.3 Å². The van der Waals surface area contributed by atoms with Gasteiger partial charge in [0, 0.05) is 12.5 Å². The van der Waals surface area contributed by atoms with E-state index in [0.29, 0.717) is 13.4 Å². The lowest BCUT2D eigenvalue weighted by atomic mass is 10.1. The SMILES string of the molecule is N[C@@H](Cc1ncc(O[B]O)cc1Cl)C(=O)O. The topological polar surface area (TPSA) is 106 Å². The molecule has 1 heterocycles. The van der Waals surface area contributed by atoms with Crippen molar-refractivity contribution < 1.29 is 19.6 Å². The third kappa shape index (κ3) is 3.37. The van der Waals surface area contributed by atoms with Gasteiger partial charge in [-0.2, -0.15) is 0 Å². The number of hydrogen-bond donors (Lipinski definition) is 3. The molecule has 16 heavy (non-hydrogen) atoms. The normalized spacial score (nSPS) is 11.9. The Kier molecular flexibility index (Phi) is 4.54. The van der Waals surface area contributed by atoms with Crippen LogP contribution < -0.4 is 10.4 Å². The lowest BCUT2D eigenvalue weighted by molar-refractivity contribution is -0.138. The molecular weight excluding hydrogens is 234 g/mol. The average molecular weight is 243 g/mol. The number of carboxylic acid groups (broad SMARTS) is 1. The lowest BCUT2D eigenvalue weighted by Gasteiger charge is -2.08. The zero-order valence-corrected chi connectivity index (χ0v) is 8.89. The predicted octanol–water partition coefficient (Wildman–Crippen LogP) is -0.405. The van der Waals surface area contributed by atoms with Crippen molar-refractivity contribution >= 4 is 25.3 Å². The van der Waals surface area contributed by atoms with Crippen LogP contribution in [0.2, 0.25) is 5.02 Å². The van der Waals surface area contributed by atoms with Gasteiger partial charge in [0.25, 0.3) is 0 Å². The van der Waals surface area contributed by atoms with E-state index in [1.165, 1.54) is 12.3 Å². The Balaban J connectivity index is 2.78. The van der Waals surface area contributed by atoms with Gasteiger partial charge in [0.05, 0.1) is 16.9 Å². The van der Waals surface area contributed by atoms with Gasteiger partial charge in [-0.15, -0.1) is 0 Å². The highest BCUT2D eigenvalue weighted by molar-refractivity contribution is 6.31. The van der Waals surface area contributed by atoms with Gasteiger partial charge in [-0.3, -0.25) is 9.78 Å². The van der Waals surface area contributed by atoms with Gasteiger partial charge in [0.2, 0.25) is 0 Å². The van der Waals surface area contributed by atoms with Crippen LogP contribution in [-0.2, 0) is 11.2 Å². The van der Waals surface area contributed by atoms with Crippen LogP contribution in [-0.4, -0.2) is 34.8 Å². The second-order valence-electron chi connectivity index (χ2n) is 2.97. The Morgan fingerprint density at radius 3 is 2.94 bits per heavy atom. The number of nitrogens with zero attached hydrogens (tertiary/aromatic N) is 1. The van der Waals surface area contributed by atoms with Gasteiger partial charge in [0.1, 0.15) is 11.8 Å². The van der Waals surface area contributed by atoms with Crippen molar-refractivity contribution in [2.24, 2.45) is 5.73 Å². The number of carboxylic acids is 1. The fourth-order valence-electron chi connectivity index (χ4n) is 1.02. The number of carbonyl (C=O) groups is 1. The summed E-state index contributed by atoms with van der Waals surface area (Å²) in [6.07, 6.45) is 1.33. The summed E-state index contributed by atoms with van der Waals surface area (Å²) in [6.45, 7) is 0. The maximum Gasteiger partial charge on any atom is 0.569 e. The molecule has 1 aromatic heterocycles. The molecule has 0 aromatic carbocycles. The van der Waals surface area contributed by atoms with Gasteiger partial charge in [-0.1, -0.05) is 11.6 Å². The molecule has 0 saturated heterocycles. The molecule has 0 bridgehead atoms. The maximum absolute atomic E-state index is 10.5. The van der Waals surface area contributed by atoms with E-state index in [2.05, 4.69) is 9.64 Å².